The summed E-state index contributed by atoms with van der Waals surface area (Å²) >= 11 is 0. The highest BCUT2D eigenvalue weighted by atomic mass is 32.2. The van der Waals surface area contributed by atoms with Crippen molar-refractivity contribution in [3.63, 3.8) is 0 Å². The minimum Gasteiger partial charge on any atom is -0.353 e. The molecular weight excluding hydrogens is 340 g/mol. The second-order valence-corrected chi connectivity index (χ2v) is 7.69. The highest BCUT2D eigenvalue weighted by Gasteiger charge is 2.39. The minimum atomic E-state index is -3.87. The van der Waals surface area contributed by atoms with Crippen molar-refractivity contribution in [2.45, 2.75) is 17.9 Å². The molecule has 0 aliphatic carbocycles. The summed E-state index contributed by atoms with van der Waals surface area (Å²) in [7, 11) is -3.87. The Hall–Kier alpha value is -2.51. The number of nitrogens with one attached hydrogen (secondary N) is 1. The molecular formula is C18H18N2O4S. The zero-order valence-electron chi connectivity index (χ0n) is 13.7. The fourth-order valence-corrected chi connectivity index (χ4v) is 4.43. The Labute approximate surface area is 146 Å². The van der Waals surface area contributed by atoms with E-state index in [9.17, 15) is 18.0 Å². The molecule has 0 bridgehead atoms. The Morgan fingerprint density at radius 1 is 1.08 bits per heavy atom. The predicted molar refractivity (Wildman–Crippen MR) is 92.5 cm³/mol. The number of Topliss-reactive ketones (excluding diaryl/α,β-unsaturated/α-hetero) is 1. The van der Waals surface area contributed by atoms with Crippen LogP contribution in [0, 0.1) is 0 Å². The monoisotopic (exact) mass is 358 g/mol. The molecule has 1 N–H and O–H groups in total. The van der Waals surface area contributed by atoms with Crippen LogP contribution < -0.4 is 5.32 Å². The number of hydrogen-bond acceptors (Lipinski definition) is 4. The number of ketones is 1. The maximum Gasteiger partial charge on any atom is 0.244 e. The van der Waals surface area contributed by atoms with Gasteiger partial charge >= 0.3 is 0 Å². The number of hydrogen-bond donors (Lipinski definition) is 1. The zero-order valence-corrected chi connectivity index (χ0v) is 14.5. The molecule has 0 radical (unpaired) electrons. The van der Waals surface area contributed by atoms with E-state index >= 15 is 0 Å². The molecule has 1 atom stereocenters. The van der Waals surface area contributed by atoms with Gasteiger partial charge in [-0.1, -0.05) is 42.5 Å². The van der Waals surface area contributed by atoms with Crippen LogP contribution in [0.25, 0.3) is 0 Å². The Morgan fingerprint density at radius 2 is 1.72 bits per heavy atom. The quantitative estimate of drug-likeness (QED) is 0.844. The molecule has 25 heavy (non-hydrogen) atoms. The van der Waals surface area contributed by atoms with Crippen molar-refractivity contribution >= 4 is 21.7 Å². The second kappa shape index (κ2) is 6.78. The smallest absolute Gasteiger partial charge is 0.244 e. The summed E-state index contributed by atoms with van der Waals surface area (Å²) in [6.45, 7) is 1.86. The fourth-order valence-electron chi connectivity index (χ4n) is 2.85. The summed E-state index contributed by atoms with van der Waals surface area (Å²) in [5.41, 5.74) is 1.05. The summed E-state index contributed by atoms with van der Waals surface area (Å²) < 4.78 is 27.3. The number of sulfonamides is 1. The van der Waals surface area contributed by atoms with Crippen molar-refractivity contribution in [2.24, 2.45) is 0 Å². The van der Waals surface area contributed by atoms with Gasteiger partial charge in [0.25, 0.3) is 0 Å². The largest absolute Gasteiger partial charge is 0.353 e. The van der Waals surface area contributed by atoms with E-state index in [2.05, 4.69) is 5.32 Å². The molecule has 0 aromatic heterocycles. The van der Waals surface area contributed by atoms with Crippen molar-refractivity contribution in [3.8, 4) is 0 Å². The summed E-state index contributed by atoms with van der Waals surface area (Å²) in [6.07, 6.45) is 0. The fraction of sp³-hybridized carbons (Fsp3) is 0.222. The van der Waals surface area contributed by atoms with Gasteiger partial charge in [0.05, 0.1) is 4.90 Å². The summed E-state index contributed by atoms with van der Waals surface area (Å²) in [5.74, 6) is -0.482. The third-order valence-corrected chi connectivity index (χ3v) is 6.03. The van der Waals surface area contributed by atoms with Crippen LogP contribution in [0.4, 0.5) is 0 Å². The third-order valence-electron chi connectivity index (χ3n) is 4.15. The number of carbonyl (C=O) groups is 2. The van der Waals surface area contributed by atoms with Gasteiger partial charge in [0.15, 0.2) is 5.78 Å². The van der Waals surface area contributed by atoms with Crippen LogP contribution in [0.15, 0.2) is 59.5 Å². The van der Waals surface area contributed by atoms with E-state index in [1.807, 2.05) is 6.07 Å². The van der Waals surface area contributed by atoms with Gasteiger partial charge in [0.1, 0.15) is 6.04 Å². The van der Waals surface area contributed by atoms with E-state index in [0.29, 0.717) is 11.1 Å². The van der Waals surface area contributed by atoms with E-state index in [4.69, 9.17) is 0 Å². The predicted octanol–water partition coefficient (Wildman–Crippen LogP) is 1.75. The van der Waals surface area contributed by atoms with Crippen LogP contribution in [-0.4, -0.2) is 37.5 Å². The van der Waals surface area contributed by atoms with Gasteiger partial charge in [0, 0.05) is 18.7 Å². The second-order valence-electron chi connectivity index (χ2n) is 5.80. The molecule has 1 fully saturated rings. The summed E-state index contributed by atoms with van der Waals surface area (Å²) in [6, 6.07) is 13.7. The Kier molecular flexibility index (Phi) is 4.69. The van der Waals surface area contributed by atoms with Crippen LogP contribution in [0.1, 0.15) is 28.9 Å². The molecule has 0 saturated carbocycles. The molecule has 7 heteroatoms. The molecule has 130 valence electrons. The SMILES string of the molecule is CC(=O)c1ccc(S(=O)(=O)N2CCNC(=O)C2c2ccccc2)cc1. The lowest BCUT2D eigenvalue weighted by molar-refractivity contribution is -0.126. The first-order chi connectivity index (χ1) is 11.9. The van der Waals surface area contributed by atoms with E-state index in [1.165, 1.54) is 35.5 Å². The number of nitrogens with zero attached hydrogens (tertiary/aromatic N) is 1. The summed E-state index contributed by atoms with van der Waals surface area (Å²) in [5, 5.41) is 2.72. The van der Waals surface area contributed by atoms with Crippen LogP contribution >= 0.6 is 0 Å². The number of carbonyl (C=O) groups excluding carboxylic acids is 2. The lowest BCUT2D eigenvalue weighted by atomic mass is 10.1. The van der Waals surface area contributed by atoms with Gasteiger partial charge in [-0.25, -0.2) is 8.42 Å². The number of benzene rings is 2. The molecule has 1 amide bonds. The molecule has 6 nitrogen and oxygen atoms in total. The van der Waals surface area contributed by atoms with Gasteiger partial charge < -0.3 is 5.32 Å². The van der Waals surface area contributed by atoms with Crippen molar-refractivity contribution < 1.29 is 18.0 Å². The van der Waals surface area contributed by atoms with Crippen molar-refractivity contribution in [1.29, 1.82) is 0 Å². The van der Waals surface area contributed by atoms with E-state index < -0.39 is 16.1 Å². The number of piperazine rings is 1. The standard InChI is InChI=1S/C18H18N2O4S/c1-13(21)14-7-9-16(10-8-14)25(23,24)20-12-11-19-18(22)17(20)15-5-3-2-4-6-15/h2-10,17H,11-12H2,1H3,(H,19,22). The van der Waals surface area contributed by atoms with Crippen LogP contribution in [0.5, 0.6) is 0 Å². The van der Waals surface area contributed by atoms with Crippen LogP contribution in [-0.2, 0) is 14.8 Å². The number of rotatable bonds is 4. The maximum atomic E-state index is 13.1. The topological polar surface area (TPSA) is 83.6 Å². The van der Waals surface area contributed by atoms with E-state index in [0.717, 1.165) is 0 Å². The lowest BCUT2D eigenvalue weighted by Gasteiger charge is -2.34. The van der Waals surface area contributed by atoms with Gasteiger partial charge in [-0.15, -0.1) is 0 Å². The van der Waals surface area contributed by atoms with Crippen LogP contribution in [0.2, 0.25) is 0 Å². The van der Waals surface area contributed by atoms with Gasteiger partial charge in [-0.2, -0.15) is 4.31 Å². The van der Waals surface area contributed by atoms with Crippen molar-refractivity contribution in [1.82, 2.24) is 9.62 Å². The molecule has 1 saturated heterocycles. The molecule has 1 heterocycles. The third kappa shape index (κ3) is 3.33. The maximum absolute atomic E-state index is 13.1. The molecule has 1 unspecified atom stereocenters. The van der Waals surface area contributed by atoms with Gasteiger partial charge in [-0.3, -0.25) is 9.59 Å². The van der Waals surface area contributed by atoms with Gasteiger partial charge in [-0.05, 0) is 24.6 Å². The van der Waals surface area contributed by atoms with Crippen molar-refractivity contribution in [2.75, 3.05) is 13.1 Å². The highest BCUT2D eigenvalue weighted by molar-refractivity contribution is 7.89. The average molecular weight is 358 g/mol. The Bertz CT molecular complexity index is 892. The van der Waals surface area contributed by atoms with E-state index in [1.54, 1.807) is 24.3 Å². The first-order valence-corrected chi connectivity index (χ1v) is 9.31. The molecule has 2 aromatic carbocycles. The average Bonchev–Trinajstić information content (AvgIpc) is 2.62. The highest BCUT2D eigenvalue weighted by Crippen LogP contribution is 2.29. The lowest BCUT2D eigenvalue weighted by Crippen LogP contribution is -2.52. The minimum absolute atomic E-state index is 0.0631. The molecule has 0 spiro atoms. The first-order valence-electron chi connectivity index (χ1n) is 7.87. The molecule has 1 aliphatic rings. The Morgan fingerprint density at radius 3 is 2.32 bits per heavy atom. The van der Waals surface area contributed by atoms with Crippen LogP contribution in [0.3, 0.4) is 0 Å². The molecule has 1 aliphatic heterocycles. The van der Waals surface area contributed by atoms with Crippen molar-refractivity contribution in [3.05, 3.63) is 65.7 Å². The molecule has 3 rings (SSSR count). The zero-order chi connectivity index (χ0) is 18.0. The number of amides is 1. The van der Waals surface area contributed by atoms with E-state index in [-0.39, 0.29) is 29.7 Å². The first kappa shape index (κ1) is 17.3. The normalized spacial score (nSPS) is 18.6. The molecule has 2 aromatic rings. The Balaban J connectivity index is 2.01. The summed E-state index contributed by atoms with van der Waals surface area (Å²) in [4.78, 5) is 23.8. The van der Waals surface area contributed by atoms with Gasteiger partial charge in [0.2, 0.25) is 15.9 Å².